The fraction of sp³-hybridized carbons (Fsp3) is 0.750. The first kappa shape index (κ1) is 11.6. The fourth-order valence-corrected chi connectivity index (χ4v) is 2.75. The van der Waals surface area contributed by atoms with Crippen molar-refractivity contribution in [2.24, 2.45) is 0 Å². The standard InChI is InChI=1S/C12H19N5O/c18-12(7-13-10-3-1-2-4-10)16-5-6-17-9-14-15-11(17)8-16/h9-10,13H,1-8H2. The molecule has 2 aliphatic rings. The minimum Gasteiger partial charge on any atom is -0.332 e. The number of aromatic nitrogens is 3. The van der Waals surface area contributed by atoms with Crippen LogP contribution in [0.1, 0.15) is 31.5 Å². The lowest BCUT2D eigenvalue weighted by Gasteiger charge is -2.27. The van der Waals surface area contributed by atoms with Gasteiger partial charge in [-0.2, -0.15) is 0 Å². The summed E-state index contributed by atoms with van der Waals surface area (Å²) in [5.41, 5.74) is 0. The van der Waals surface area contributed by atoms with Crippen LogP contribution in [-0.2, 0) is 17.9 Å². The number of nitrogens with one attached hydrogen (secondary N) is 1. The van der Waals surface area contributed by atoms with Gasteiger partial charge in [0.2, 0.25) is 5.91 Å². The first-order valence-corrected chi connectivity index (χ1v) is 6.71. The Balaban J connectivity index is 1.51. The Morgan fingerprint density at radius 2 is 2.22 bits per heavy atom. The minimum absolute atomic E-state index is 0.177. The average Bonchev–Trinajstić information content (AvgIpc) is 3.05. The number of fused-ring (bicyclic) bond motifs is 1. The van der Waals surface area contributed by atoms with Crippen LogP contribution < -0.4 is 5.32 Å². The Kier molecular flexibility index (Phi) is 3.27. The van der Waals surface area contributed by atoms with Gasteiger partial charge in [-0.25, -0.2) is 0 Å². The maximum atomic E-state index is 12.1. The molecule has 0 spiro atoms. The first-order chi connectivity index (χ1) is 8.83. The van der Waals surface area contributed by atoms with Gasteiger partial charge in [0, 0.05) is 19.1 Å². The van der Waals surface area contributed by atoms with Gasteiger partial charge in [-0.1, -0.05) is 12.8 Å². The lowest BCUT2D eigenvalue weighted by molar-refractivity contribution is -0.131. The maximum Gasteiger partial charge on any atom is 0.237 e. The molecule has 0 aromatic carbocycles. The molecule has 1 aromatic heterocycles. The molecule has 3 rings (SSSR count). The Morgan fingerprint density at radius 1 is 1.39 bits per heavy atom. The normalized spacial score (nSPS) is 20.1. The van der Waals surface area contributed by atoms with Crippen LogP contribution in [0, 0.1) is 0 Å². The lowest BCUT2D eigenvalue weighted by atomic mass is 10.2. The topological polar surface area (TPSA) is 63.1 Å². The second-order valence-electron chi connectivity index (χ2n) is 5.12. The summed E-state index contributed by atoms with van der Waals surface area (Å²) in [6, 6.07) is 0.544. The van der Waals surface area contributed by atoms with Gasteiger partial charge in [-0.15, -0.1) is 10.2 Å². The van der Waals surface area contributed by atoms with E-state index in [1.165, 1.54) is 25.7 Å². The molecule has 6 heteroatoms. The SMILES string of the molecule is O=C(CNC1CCCC1)N1CCn2cnnc2C1. The highest BCUT2D eigenvalue weighted by Crippen LogP contribution is 2.17. The summed E-state index contributed by atoms with van der Waals surface area (Å²) in [5, 5.41) is 11.3. The third kappa shape index (κ3) is 2.38. The van der Waals surface area contributed by atoms with E-state index in [1.807, 2.05) is 9.47 Å². The van der Waals surface area contributed by atoms with Crippen LogP contribution in [0.4, 0.5) is 0 Å². The predicted octanol–water partition coefficient (Wildman–Crippen LogP) is 0.152. The van der Waals surface area contributed by atoms with Crippen LogP contribution in [0.3, 0.4) is 0 Å². The van der Waals surface area contributed by atoms with E-state index in [1.54, 1.807) is 6.33 Å². The van der Waals surface area contributed by atoms with Crippen molar-refractivity contribution in [2.75, 3.05) is 13.1 Å². The van der Waals surface area contributed by atoms with Crippen LogP contribution in [0.5, 0.6) is 0 Å². The average molecular weight is 249 g/mol. The molecule has 0 unspecified atom stereocenters. The van der Waals surface area contributed by atoms with E-state index >= 15 is 0 Å². The molecular weight excluding hydrogens is 230 g/mol. The lowest BCUT2D eigenvalue weighted by Crippen LogP contribution is -2.44. The van der Waals surface area contributed by atoms with E-state index in [9.17, 15) is 4.79 Å². The zero-order chi connectivity index (χ0) is 12.4. The van der Waals surface area contributed by atoms with Gasteiger partial charge < -0.3 is 14.8 Å². The number of hydrogen-bond acceptors (Lipinski definition) is 4. The molecule has 1 N–H and O–H groups in total. The van der Waals surface area contributed by atoms with E-state index in [0.29, 0.717) is 19.1 Å². The fourth-order valence-electron chi connectivity index (χ4n) is 2.75. The predicted molar refractivity (Wildman–Crippen MR) is 65.7 cm³/mol. The largest absolute Gasteiger partial charge is 0.332 e. The molecule has 0 atom stereocenters. The van der Waals surface area contributed by atoms with Crippen molar-refractivity contribution in [1.29, 1.82) is 0 Å². The van der Waals surface area contributed by atoms with Gasteiger partial charge in [-0.3, -0.25) is 4.79 Å². The van der Waals surface area contributed by atoms with E-state index in [-0.39, 0.29) is 5.91 Å². The summed E-state index contributed by atoms with van der Waals surface area (Å²) in [7, 11) is 0. The smallest absolute Gasteiger partial charge is 0.237 e. The van der Waals surface area contributed by atoms with Crippen LogP contribution in [-0.4, -0.2) is 44.7 Å². The molecule has 1 saturated carbocycles. The molecule has 0 bridgehead atoms. The summed E-state index contributed by atoms with van der Waals surface area (Å²) < 4.78 is 2.01. The molecule has 0 saturated heterocycles. The van der Waals surface area contributed by atoms with Crippen molar-refractivity contribution in [3.8, 4) is 0 Å². The highest BCUT2D eigenvalue weighted by molar-refractivity contribution is 5.78. The number of amides is 1. The van der Waals surface area contributed by atoms with Crippen molar-refractivity contribution in [3.63, 3.8) is 0 Å². The van der Waals surface area contributed by atoms with Gasteiger partial charge in [0.25, 0.3) is 0 Å². The Morgan fingerprint density at radius 3 is 3.06 bits per heavy atom. The van der Waals surface area contributed by atoms with Crippen molar-refractivity contribution < 1.29 is 4.79 Å². The summed E-state index contributed by atoms with van der Waals surface area (Å²) in [4.78, 5) is 14.0. The quantitative estimate of drug-likeness (QED) is 0.828. The third-order valence-corrected chi connectivity index (χ3v) is 3.89. The Bertz CT molecular complexity index is 424. The third-order valence-electron chi connectivity index (χ3n) is 3.89. The number of carbonyl (C=O) groups excluding carboxylic acids is 1. The molecule has 2 heterocycles. The van der Waals surface area contributed by atoms with Crippen LogP contribution in [0.2, 0.25) is 0 Å². The highest BCUT2D eigenvalue weighted by Gasteiger charge is 2.22. The van der Waals surface area contributed by atoms with Gasteiger partial charge in [0.1, 0.15) is 6.33 Å². The molecule has 1 fully saturated rings. The van der Waals surface area contributed by atoms with Crippen molar-refractivity contribution in [1.82, 2.24) is 25.0 Å². The maximum absolute atomic E-state index is 12.1. The summed E-state index contributed by atoms with van der Waals surface area (Å²) >= 11 is 0. The van der Waals surface area contributed by atoms with E-state index in [2.05, 4.69) is 15.5 Å². The summed E-state index contributed by atoms with van der Waals surface area (Å²) in [5.74, 6) is 1.06. The molecule has 98 valence electrons. The second kappa shape index (κ2) is 5.06. The highest BCUT2D eigenvalue weighted by atomic mass is 16.2. The number of hydrogen-bond donors (Lipinski definition) is 1. The van der Waals surface area contributed by atoms with Crippen LogP contribution >= 0.6 is 0 Å². The Labute approximate surface area is 106 Å². The second-order valence-corrected chi connectivity index (χ2v) is 5.12. The zero-order valence-electron chi connectivity index (χ0n) is 10.5. The monoisotopic (exact) mass is 249 g/mol. The van der Waals surface area contributed by atoms with E-state index in [0.717, 1.165) is 18.9 Å². The Hall–Kier alpha value is -1.43. The van der Waals surface area contributed by atoms with Crippen LogP contribution in [0.25, 0.3) is 0 Å². The number of nitrogens with zero attached hydrogens (tertiary/aromatic N) is 4. The van der Waals surface area contributed by atoms with E-state index < -0.39 is 0 Å². The van der Waals surface area contributed by atoms with Gasteiger partial charge in [0.05, 0.1) is 13.1 Å². The minimum atomic E-state index is 0.177. The van der Waals surface area contributed by atoms with Gasteiger partial charge in [0.15, 0.2) is 5.82 Å². The van der Waals surface area contributed by atoms with Gasteiger partial charge >= 0.3 is 0 Å². The molecule has 6 nitrogen and oxygen atoms in total. The zero-order valence-corrected chi connectivity index (χ0v) is 10.5. The van der Waals surface area contributed by atoms with E-state index in [4.69, 9.17) is 0 Å². The van der Waals surface area contributed by atoms with Crippen molar-refractivity contribution in [2.45, 2.75) is 44.8 Å². The number of carbonyl (C=O) groups is 1. The van der Waals surface area contributed by atoms with Crippen molar-refractivity contribution >= 4 is 5.91 Å². The summed E-state index contributed by atoms with van der Waals surface area (Å²) in [6.45, 7) is 2.61. The molecule has 1 aliphatic heterocycles. The molecule has 1 amide bonds. The molecule has 0 radical (unpaired) electrons. The van der Waals surface area contributed by atoms with Gasteiger partial charge in [-0.05, 0) is 12.8 Å². The molecular formula is C12H19N5O. The molecule has 1 aromatic rings. The molecule has 1 aliphatic carbocycles. The first-order valence-electron chi connectivity index (χ1n) is 6.71. The number of rotatable bonds is 3. The molecule has 18 heavy (non-hydrogen) atoms. The summed E-state index contributed by atoms with van der Waals surface area (Å²) in [6.07, 6.45) is 6.73. The van der Waals surface area contributed by atoms with Crippen LogP contribution in [0.15, 0.2) is 6.33 Å². The van der Waals surface area contributed by atoms with Crippen molar-refractivity contribution in [3.05, 3.63) is 12.2 Å².